The molecule has 2 aliphatic rings. The predicted octanol–water partition coefficient (Wildman–Crippen LogP) is 4.44. The molecule has 1 aliphatic carbocycles. The standard InChI is InChI=1S/C30H27N3O5/c1-37-26-16-25-24(28(34)32(18-31-25)17-19-7-3-2-4-8-19)15-27(26)38-21-13-11-20(12-14-21)33-29(35)22-9-5-6-10-23(22)30(33)36/h2-10,15-16,18,20-21H,11-14,17H2,1H3/t20-,21-. The fraction of sp³-hybridized carbons (Fsp3) is 0.267. The van der Waals surface area contributed by atoms with Crippen LogP contribution >= 0.6 is 0 Å². The normalized spacial score (nSPS) is 19.0. The molecule has 0 N–H and O–H groups in total. The number of methoxy groups -OCH3 is 1. The van der Waals surface area contributed by atoms with E-state index in [1.807, 2.05) is 30.3 Å². The van der Waals surface area contributed by atoms with Crippen molar-refractivity contribution in [2.45, 2.75) is 44.4 Å². The molecule has 4 aromatic rings. The Morgan fingerprint density at radius 1 is 0.842 bits per heavy atom. The number of hydrogen-bond donors (Lipinski definition) is 0. The molecule has 3 aromatic carbocycles. The van der Waals surface area contributed by atoms with Gasteiger partial charge in [0.25, 0.3) is 17.4 Å². The second kappa shape index (κ2) is 9.78. The Hall–Kier alpha value is -4.46. The van der Waals surface area contributed by atoms with Gasteiger partial charge in [0.05, 0.1) is 48.1 Å². The number of nitrogens with zero attached hydrogens (tertiary/aromatic N) is 3. The van der Waals surface area contributed by atoms with Crippen LogP contribution < -0.4 is 15.0 Å². The zero-order valence-corrected chi connectivity index (χ0v) is 21.0. The first-order chi connectivity index (χ1) is 18.5. The number of hydrogen-bond acceptors (Lipinski definition) is 6. The van der Waals surface area contributed by atoms with Crippen molar-refractivity contribution in [2.75, 3.05) is 7.11 Å². The molecule has 8 heteroatoms. The Bertz CT molecular complexity index is 1550. The molecule has 8 nitrogen and oxygen atoms in total. The molecular weight excluding hydrogens is 482 g/mol. The summed E-state index contributed by atoms with van der Waals surface area (Å²) in [6, 6.07) is 20.0. The number of rotatable bonds is 6. The molecule has 0 spiro atoms. The highest BCUT2D eigenvalue weighted by Crippen LogP contribution is 2.36. The van der Waals surface area contributed by atoms with E-state index in [0.29, 0.717) is 65.8 Å². The minimum atomic E-state index is -0.217. The molecule has 38 heavy (non-hydrogen) atoms. The molecule has 1 aliphatic heterocycles. The largest absolute Gasteiger partial charge is 0.493 e. The lowest BCUT2D eigenvalue weighted by molar-refractivity contribution is 0.0476. The number of aromatic nitrogens is 2. The van der Waals surface area contributed by atoms with Crippen molar-refractivity contribution in [1.82, 2.24) is 14.5 Å². The summed E-state index contributed by atoms with van der Waals surface area (Å²) in [5, 5.41) is 0.457. The molecule has 2 heterocycles. The predicted molar refractivity (Wildman–Crippen MR) is 142 cm³/mol. The Balaban J connectivity index is 1.19. The summed E-state index contributed by atoms with van der Waals surface area (Å²) in [4.78, 5) is 44.9. The third-order valence-corrected chi connectivity index (χ3v) is 7.43. The number of fused-ring (bicyclic) bond motifs is 2. The zero-order chi connectivity index (χ0) is 26.2. The van der Waals surface area contributed by atoms with Crippen molar-refractivity contribution < 1.29 is 19.1 Å². The Labute approximate surface area is 219 Å². The SMILES string of the molecule is COc1cc2ncn(Cc3ccccc3)c(=O)c2cc1O[C@H]1CC[C@H](N2C(=O)c3ccccc3C2=O)CC1. The van der Waals surface area contributed by atoms with Crippen molar-refractivity contribution in [2.24, 2.45) is 0 Å². The Morgan fingerprint density at radius 3 is 2.16 bits per heavy atom. The van der Waals surface area contributed by atoms with Crippen LogP contribution in [0.25, 0.3) is 10.9 Å². The van der Waals surface area contributed by atoms with Crippen LogP contribution in [0.1, 0.15) is 52.0 Å². The summed E-state index contributed by atoms with van der Waals surface area (Å²) in [6.07, 6.45) is 4.07. The maximum Gasteiger partial charge on any atom is 0.261 e. The van der Waals surface area contributed by atoms with E-state index in [4.69, 9.17) is 9.47 Å². The number of carbonyl (C=O) groups excluding carboxylic acids is 2. The Kier molecular flexibility index (Phi) is 6.15. The first-order valence-corrected chi connectivity index (χ1v) is 12.8. The summed E-state index contributed by atoms with van der Waals surface area (Å²) >= 11 is 0. The van der Waals surface area contributed by atoms with E-state index in [-0.39, 0.29) is 29.5 Å². The van der Waals surface area contributed by atoms with Crippen LogP contribution in [0.4, 0.5) is 0 Å². The van der Waals surface area contributed by atoms with Gasteiger partial charge in [-0.1, -0.05) is 42.5 Å². The summed E-state index contributed by atoms with van der Waals surface area (Å²) in [5.74, 6) is 0.559. The quantitative estimate of drug-likeness (QED) is 0.357. The van der Waals surface area contributed by atoms with Crippen molar-refractivity contribution in [3.05, 3.63) is 100 Å². The smallest absolute Gasteiger partial charge is 0.261 e. The molecule has 0 bridgehead atoms. The van der Waals surface area contributed by atoms with Gasteiger partial charge in [-0.3, -0.25) is 23.9 Å². The van der Waals surface area contributed by atoms with Gasteiger partial charge in [0.15, 0.2) is 11.5 Å². The van der Waals surface area contributed by atoms with Gasteiger partial charge in [-0.2, -0.15) is 0 Å². The van der Waals surface area contributed by atoms with Gasteiger partial charge in [0.2, 0.25) is 0 Å². The van der Waals surface area contributed by atoms with Gasteiger partial charge >= 0.3 is 0 Å². The molecule has 0 saturated heterocycles. The van der Waals surface area contributed by atoms with E-state index in [1.54, 1.807) is 54.4 Å². The molecule has 1 saturated carbocycles. The summed E-state index contributed by atoms with van der Waals surface area (Å²) in [7, 11) is 1.56. The Morgan fingerprint density at radius 2 is 1.50 bits per heavy atom. The highest BCUT2D eigenvalue weighted by Gasteiger charge is 2.41. The van der Waals surface area contributed by atoms with E-state index < -0.39 is 0 Å². The van der Waals surface area contributed by atoms with E-state index in [1.165, 1.54) is 4.90 Å². The number of amides is 2. The third kappa shape index (κ3) is 4.22. The first kappa shape index (κ1) is 23.9. The van der Waals surface area contributed by atoms with E-state index >= 15 is 0 Å². The number of benzene rings is 3. The lowest BCUT2D eigenvalue weighted by Gasteiger charge is -2.33. The van der Waals surface area contributed by atoms with Crippen LogP contribution in [-0.4, -0.2) is 45.5 Å². The summed E-state index contributed by atoms with van der Waals surface area (Å²) in [6.45, 7) is 0.423. The summed E-state index contributed by atoms with van der Waals surface area (Å²) < 4.78 is 13.5. The van der Waals surface area contributed by atoms with E-state index in [9.17, 15) is 14.4 Å². The van der Waals surface area contributed by atoms with Crippen molar-refractivity contribution in [3.63, 3.8) is 0 Å². The molecule has 6 rings (SSSR count). The fourth-order valence-corrected chi connectivity index (χ4v) is 5.45. The first-order valence-electron chi connectivity index (χ1n) is 12.8. The second-order valence-corrected chi connectivity index (χ2v) is 9.76. The molecule has 1 fully saturated rings. The van der Waals surface area contributed by atoms with Gasteiger partial charge in [0.1, 0.15) is 0 Å². The van der Waals surface area contributed by atoms with Crippen molar-refractivity contribution >= 4 is 22.7 Å². The second-order valence-electron chi connectivity index (χ2n) is 9.76. The van der Waals surface area contributed by atoms with Gasteiger partial charge in [0, 0.05) is 12.1 Å². The van der Waals surface area contributed by atoms with Crippen LogP contribution in [-0.2, 0) is 6.54 Å². The van der Waals surface area contributed by atoms with Crippen LogP contribution in [0, 0.1) is 0 Å². The van der Waals surface area contributed by atoms with E-state index in [2.05, 4.69) is 4.98 Å². The third-order valence-electron chi connectivity index (χ3n) is 7.43. The maximum atomic E-state index is 13.3. The van der Waals surface area contributed by atoms with Crippen molar-refractivity contribution in [3.8, 4) is 11.5 Å². The molecule has 0 radical (unpaired) electrons. The average molecular weight is 510 g/mol. The lowest BCUT2D eigenvalue weighted by Crippen LogP contribution is -2.43. The molecule has 0 unspecified atom stereocenters. The minimum Gasteiger partial charge on any atom is -0.493 e. The number of imide groups is 1. The molecule has 2 amide bonds. The maximum absolute atomic E-state index is 13.3. The molecule has 192 valence electrons. The zero-order valence-electron chi connectivity index (χ0n) is 21.0. The summed E-state index contributed by atoms with van der Waals surface area (Å²) in [5.41, 5.74) is 2.35. The highest BCUT2D eigenvalue weighted by atomic mass is 16.5. The van der Waals surface area contributed by atoms with Crippen LogP contribution in [0.5, 0.6) is 11.5 Å². The topological polar surface area (TPSA) is 90.7 Å². The van der Waals surface area contributed by atoms with Crippen LogP contribution in [0.2, 0.25) is 0 Å². The lowest BCUT2D eigenvalue weighted by atomic mass is 9.91. The molecule has 0 atom stereocenters. The highest BCUT2D eigenvalue weighted by molar-refractivity contribution is 6.21. The fourth-order valence-electron chi connectivity index (χ4n) is 5.45. The van der Waals surface area contributed by atoms with Gasteiger partial charge in [-0.15, -0.1) is 0 Å². The van der Waals surface area contributed by atoms with Gasteiger partial charge < -0.3 is 9.47 Å². The van der Waals surface area contributed by atoms with Crippen LogP contribution in [0.3, 0.4) is 0 Å². The van der Waals surface area contributed by atoms with Gasteiger partial charge in [-0.25, -0.2) is 4.98 Å². The van der Waals surface area contributed by atoms with Crippen molar-refractivity contribution in [1.29, 1.82) is 0 Å². The molecule has 1 aromatic heterocycles. The number of ether oxygens (including phenoxy) is 2. The monoisotopic (exact) mass is 509 g/mol. The van der Waals surface area contributed by atoms with E-state index in [0.717, 1.165) is 5.56 Å². The number of carbonyl (C=O) groups is 2. The minimum absolute atomic E-state index is 0.129. The van der Waals surface area contributed by atoms with Crippen LogP contribution in [0.15, 0.2) is 77.9 Å². The average Bonchev–Trinajstić information content (AvgIpc) is 3.21. The van der Waals surface area contributed by atoms with Gasteiger partial charge in [-0.05, 0) is 49.4 Å². The molecular formula is C30H27N3O5.